The van der Waals surface area contributed by atoms with Crippen LogP contribution in [0.5, 0.6) is 5.75 Å². The molecule has 1 heterocycles. The van der Waals surface area contributed by atoms with Crippen LogP contribution in [0.3, 0.4) is 0 Å². The molecule has 17 heavy (non-hydrogen) atoms. The van der Waals surface area contributed by atoms with E-state index in [1.165, 1.54) is 18.3 Å². The smallest absolute Gasteiger partial charge is 0.203 e. The third kappa shape index (κ3) is 3.13. The van der Waals surface area contributed by atoms with Gasteiger partial charge in [0.1, 0.15) is 23.5 Å². The number of hydrogen-bond donors (Lipinski definition) is 1. The molecule has 0 radical (unpaired) electrons. The minimum Gasteiger partial charge on any atom is -0.491 e. The van der Waals surface area contributed by atoms with Crippen LogP contribution in [-0.4, -0.2) is 23.0 Å². The third-order valence-electron chi connectivity index (χ3n) is 2.02. The summed E-state index contributed by atoms with van der Waals surface area (Å²) in [6, 6.07) is 7.24. The lowest BCUT2D eigenvalue weighted by atomic mass is 10.2. The van der Waals surface area contributed by atoms with E-state index in [4.69, 9.17) is 10.5 Å². The lowest BCUT2D eigenvalue weighted by Gasteiger charge is -2.06. The molecule has 0 bridgehead atoms. The van der Waals surface area contributed by atoms with E-state index in [-0.39, 0.29) is 6.61 Å². The number of anilines is 1. The Morgan fingerprint density at radius 2 is 2.06 bits per heavy atom. The van der Waals surface area contributed by atoms with Crippen LogP contribution in [0.15, 0.2) is 24.3 Å². The van der Waals surface area contributed by atoms with Gasteiger partial charge in [-0.2, -0.15) is 0 Å². The second kappa shape index (κ2) is 5.09. The quantitative estimate of drug-likeness (QED) is 0.909. The summed E-state index contributed by atoms with van der Waals surface area (Å²) in [6.07, 6.45) is -0.974. The number of ether oxygens (including phenoxy) is 1. The number of nitrogen functional groups attached to an aromatic ring is 1. The largest absolute Gasteiger partial charge is 0.491 e. The van der Waals surface area contributed by atoms with Crippen LogP contribution in [0.25, 0.3) is 10.6 Å². The van der Waals surface area contributed by atoms with Gasteiger partial charge < -0.3 is 10.5 Å². The Balaban J connectivity index is 2.07. The molecule has 2 aromatic rings. The predicted octanol–water partition coefficient (Wildman–Crippen LogP) is 2.52. The molecule has 0 saturated carbocycles. The molecule has 0 spiro atoms. The maximum Gasteiger partial charge on any atom is 0.203 e. The molecule has 0 aliphatic carbocycles. The van der Waals surface area contributed by atoms with Crippen molar-refractivity contribution in [2.45, 2.75) is 13.1 Å². The Labute approximate surface area is 102 Å². The average Bonchev–Trinajstić information content (AvgIpc) is 2.74. The first-order chi connectivity index (χ1) is 8.15. The molecule has 1 aromatic carbocycles. The molecule has 1 aromatic heterocycles. The second-order valence-electron chi connectivity index (χ2n) is 3.56. The molecule has 6 heteroatoms. The van der Waals surface area contributed by atoms with Gasteiger partial charge in [0, 0.05) is 5.56 Å². The van der Waals surface area contributed by atoms with Crippen molar-refractivity contribution in [3.63, 3.8) is 0 Å². The minimum atomic E-state index is -0.974. The van der Waals surface area contributed by atoms with Gasteiger partial charge in [-0.3, -0.25) is 0 Å². The molecular weight excluding hydrogens is 241 g/mol. The number of halogens is 1. The van der Waals surface area contributed by atoms with Crippen molar-refractivity contribution < 1.29 is 9.13 Å². The van der Waals surface area contributed by atoms with Crippen LogP contribution in [0, 0.1) is 0 Å². The van der Waals surface area contributed by atoms with Crippen LogP contribution >= 0.6 is 11.3 Å². The van der Waals surface area contributed by atoms with Crippen LogP contribution in [0.2, 0.25) is 0 Å². The first-order valence-electron chi connectivity index (χ1n) is 5.11. The fourth-order valence-corrected chi connectivity index (χ4v) is 1.87. The molecule has 0 saturated heterocycles. The van der Waals surface area contributed by atoms with Crippen molar-refractivity contribution in [2.24, 2.45) is 0 Å². The topological polar surface area (TPSA) is 61.0 Å². The van der Waals surface area contributed by atoms with Gasteiger partial charge in [-0.25, -0.2) is 4.39 Å². The second-order valence-corrected chi connectivity index (χ2v) is 4.57. The highest BCUT2D eigenvalue weighted by Gasteiger charge is 2.05. The molecular formula is C11H12FN3OS. The number of nitrogens with two attached hydrogens (primary N) is 1. The number of nitrogens with zero attached hydrogens (tertiary/aromatic N) is 2. The summed E-state index contributed by atoms with van der Waals surface area (Å²) < 4.78 is 17.8. The zero-order chi connectivity index (χ0) is 12.3. The monoisotopic (exact) mass is 253 g/mol. The summed E-state index contributed by atoms with van der Waals surface area (Å²) in [5.41, 5.74) is 6.42. The summed E-state index contributed by atoms with van der Waals surface area (Å²) in [4.78, 5) is 0. The molecule has 0 aliphatic rings. The first-order valence-corrected chi connectivity index (χ1v) is 5.93. The van der Waals surface area contributed by atoms with Gasteiger partial charge >= 0.3 is 0 Å². The van der Waals surface area contributed by atoms with Crippen molar-refractivity contribution in [3.05, 3.63) is 24.3 Å². The molecule has 2 N–H and O–H groups in total. The molecule has 2 rings (SSSR count). The lowest BCUT2D eigenvalue weighted by Crippen LogP contribution is -2.07. The van der Waals surface area contributed by atoms with Crippen molar-refractivity contribution >= 4 is 16.5 Å². The van der Waals surface area contributed by atoms with Gasteiger partial charge in [0.25, 0.3) is 0 Å². The molecule has 0 amide bonds. The minimum absolute atomic E-state index is 0.0606. The van der Waals surface area contributed by atoms with E-state index in [2.05, 4.69) is 10.2 Å². The van der Waals surface area contributed by atoms with Crippen molar-refractivity contribution in [1.29, 1.82) is 0 Å². The highest BCUT2D eigenvalue weighted by Crippen LogP contribution is 2.26. The Morgan fingerprint density at radius 1 is 1.35 bits per heavy atom. The van der Waals surface area contributed by atoms with E-state index >= 15 is 0 Å². The molecule has 4 nitrogen and oxygen atoms in total. The zero-order valence-electron chi connectivity index (χ0n) is 9.26. The summed E-state index contributed by atoms with van der Waals surface area (Å²) in [7, 11) is 0. The van der Waals surface area contributed by atoms with Gasteiger partial charge in [0.2, 0.25) is 5.13 Å². The Morgan fingerprint density at radius 3 is 2.59 bits per heavy atom. The van der Waals surface area contributed by atoms with Crippen LogP contribution < -0.4 is 10.5 Å². The molecule has 0 aliphatic heterocycles. The predicted molar refractivity (Wildman–Crippen MR) is 65.8 cm³/mol. The van der Waals surface area contributed by atoms with Gasteiger partial charge in [-0.1, -0.05) is 11.3 Å². The van der Waals surface area contributed by atoms with Gasteiger partial charge in [0.05, 0.1) is 0 Å². The first kappa shape index (κ1) is 11.8. The summed E-state index contributed by atoms with van der Waals surface area (Å²) in [5.74, 6) is 0.635. The Bertz CT molecular complexity index is 484. The van der Waals surface area contributed by atoms with E-state index in [1.54, 1.807) is 12.1 Å². The van der Waals surface area contributed by atoms with Crippen LogP contribution in [0.1, 0.15) is 6.92 Å². The summed E-state index contributed by atoms with van der Waals surface area (Å²) in [6.45, 7) is 1.52. The fraction of sp³-hybridized carbons (Fsp3) is 0.273. The maximum absolute atomic E-state index is 12.6. The van der Waals surface area contributed by atoms with Crippen molar-refractivity contribution in [1.82, 2.24) is 10.2 Å². The highest BCUT2D eigenvalue weighted by molar-refractivity contribution is 7.18. The number of rotatable bonds is 4. The number of alkyl halides is 1. The normalized spacial score (nSPS) is 12.4. The number of hydrogen-bond acceptors (Lipinski definition) is 5. The Kier molecular flexibility index (Phi) is 3.53. The fourth-order valence-electron chi connectivity index (χ4n) is 1.26. The lowest BCUT2D eigenvalue weighted by molar-refractivity contribution is 0.210. The summed E-state index contributed by atoms with van der Waals surface area (Å²) in [5, 5.41) is 8.87. The maximum atomic E-state index is 12.6. The van der Waals surface area contributed by atoms with Gasteiger partial charge in [0.15, 0.2) is 0 Å². The highest BCUT2D eigenvalue weighted by atomic mass is 32.1. The van der Waals surface area contributed by atoms with Crippen LogP contribution in [-0.2, 0) is 0 Å². The molecule has 0 fully saturated rings. The van der Waals surface area contributed by atoms with Crippen molar-refractivity contribution in [3.8, 4) is 16.3 Å². The van der Waals surface area contributed by atoms with E-state index in [0.29, 0.717) is 10.9 Å². The van der Waals surface area contributed by atoms with Gasteiger partial charge in [-0.15, -0.1) is 10.2 Å². The van der Waals surface area contributed by atoms with E-state index in [1.807, 2.05) is 12.1 Å². The van der Waals surface area contributed by atoms with Crippen molar-refractivity contribution in [2.75, 3.05) is 12.3 Å². The number of benzene rings is 1. The zero-order valence-corrected chi connectivity index (χ0v) is 10.1. The summed E-state index contributed by atoms with van der Waals surface area (Å²) >= 11 is 1.32. The van der Waals surface area contributed by atoms with E-state index < -0.39 is 6.17 Å². The van der Waals surface area contributed by atoms with Gasteiger partial charge in [-0.05, 0) is 31.2 Å². The molecule has 1 unspecified atom stereocenters. The standard InChI is InChI=1S/C11H12FN3OS/c1-7(12)6-16-9-4-2-8(3-5-9)10-14-15-11(13)17-10/h2-5,7H,6H2,1H3,(H2,13,15). The van der Waals surface area contributed by atoms with E-state index in [9.17, 15) is 4.39 Å². The number of aromatic nitrogens is 2. The Hall–Kier alpha value is -1.69. The van der Waals surface area contributed by atoms with Crippen LogP contribution in [0.4, 0.5) is 9.52 Å². The third-order valence-corrected chi connectivity index (χ3v) is 2.82. The van der Waals surface area contributed by atoms with E-state index in [0.717, 1.165) is 10.6 Å². The SMILES string of the molecule is CC(F)COc1ccc(-c2nnc(N)s2)cc1. The molecule has 90 valence electrons. The molecule has 1 atom stereocenters. The average molecular weight is 253 g/mol.